The van der Waals surface area contributed by atoms with Gasteiger partial charge in [-0.25, -0.2) is 8.42 Å². The minimum absolute atomic E-state index is 0.0747. The molecule has 0 saturated carbocycles. The van der Waals surface area contributed by atoms with Gasteiger partial charge in [0.05, 0.1) is 10.0 Å². The molecule has 0 fully saturated rings. The zero-order valence-electron chi connectivity index (χ0n) is 8.65. The predicted molar refractivity (Wildman–Crippen MR) is 65.3 cm³/mol. The third-order valence-electron chi connectivity index (χ3n) is 2.03. The van der Waals surface area contributed by atoms with E-state index in [2.05, 4.69) is 0 Å². The monoisotopic (exact) mass is 282 g/mol. The normalized spacial score (nSPS) is 12.1. The van der Waals surface area contributed by atoms with E-state index in [4.69, 9.17) is 28.9 Å². The van der Waals surface area contributed by atoms with Gasteiger partial charge in [0.25, 0.3) is 0 Å². The molecule has 0 saturated heterocycles. The predicted octanol–water partition coefficient (Wildman–Crippen LogP) is 1.57. The highest BCUT2D eigenvalue weighted by Gasteiger charge is 2.25. The molecule has 90 valence electrons. The first-order chi connectivity index (χ1) is 7.41. The van der Waals surface area contributed by atoms with Crippen LogP contribution >= 0.6 is 23.2 Å². The molecule has 0 bridgehead atoms. The molecular weight excluding hydrogens is 271 g/mol. The first kappa shape index (κ1) is 13.7. The van der Waals surface area contributed by atoms with Crippen LogP contribution in [0.4, 0.5) is 0 Å². The van der Waals surface area contributed by atoms with Crippen LogP contribution in [-0.4, -0.2) is 32.9 Å². The highest BCUT2D eigenvalue weighted by atomic mass is 35.5. The molecule has 4 nitrogen and oxygen atoms in total. The zero-order chi connectivity index (χ0) is 12.3. The fourth-order valence-electron chi connectivity index (χ4n) is 1.19. The first-order valence-corrected chi connectivity index (χ1v) is 6.71. The summed E-state index contributed by atoms with van der Waals surface area (Å²) in [5, 5.41) is 0.216. The van der Waals surface area contributed by atoms with Crippen molar-refractivity contribution in [2.45, 2.75) is 4.90 Å². The SMILES string of the molecule is CN(CCN)S(=O)(=O)c1c(Cl)cccc1Cl. The molecular formula is C9H12Cl2N2O2S. The van der Waals surface area contributed by atoms with E-state index >= 15 is 0 Å². The van der Waals surface area contributed by atoms with Gasteiger partial charge in [-0.1, -0.05) is 29.3 Å². The summed E-state index contributed by atoms with van der Waals surface area (Å²) in [6.07, 6.45) is 0. The summed E-state index contributed by atoms with van der Waals surface area (Å²) in [5.41, 5.74) is 5.31. The van der Waals surface area contributed by atoms with Gasteiger partial charge in [-0.2, -0.15) is 4.31 Å². The quantitative estimate of drug-likeness (QED) is 0.912. The van der Waals surface area contributed by atoms with Crippen LogP contribution in [-0.2, 0) is 10.0 Å². The third-order valence-corrected chi connectivity index (χ3v) is 4.84. The van der Waals surface area contributed by atoms with E-state index in [9.17, 15) is 8.42 Å². The van der Waals surface area contributed by atoms with Crippen molar-refractivity contribution in [2.24, 2.45) is 5.73 Å². The van der Waals surface area contributed by atoms with E-state index in [1.165, 1.54) is 19.2 Å². The molecule has 0 aliphatic heterocycles. The van der Waals surface area contributed by atoms with Crippen LogP contribution in [0.25, 0.3) is 0 Å². The number of likely N-dealkylation sites (N-methyl/N-ethyl adjacent to an activating group) is 1. The summed E-state index contributed by atoms with van der Waals surface area (Å²) in [7, 11) is -2.24. The Hall–Kier alpha value is -0.330. The fraction of sp³-hybridized carbons (Fsp3) is 0.333. The van der Waals surface area contributed by atoms with E-state index in [-0.39, 0.29) is 28.0 Å². The second-order valence-electron chi connectivity index (χ2n) is 3.17. The van der Waals surface area contributed by atoms with Crippen molar-refractivity contribution in [3.63, 3.8) is 0 Å². The summed E-state index contributed by atoms with van der Waals surface area (Å²) in [4.78, 5) is -0.0747. The van der Waals surface area contributed by atoms with Gasteiger partial charge in [-0.05, 0) is 12.1 Å². The summed E-state index contributed by atoms with van der Waals surface area (Å²) >= 11 is 11.7. The minimum atomic E-state index is -3.67. The molecule has 1 aromatic carbocycles. The zero-order valence-corrected chi connectivity index (χ0v) is 11.0. The van der Waals surface area contributed by atoms with Gasteiger partial charge >= 0.3 is 0 Å². The number of halogens is 2. The molecule has 0 amide bonds. The van der Waals surface area contributed by atoms with Gasteiger partial charge in [0.2, 0.25) is 10.0 Å². The largest absolute Gasteiger partial charge is 0.329 e. The maximum Gasteiger partial charge on any atom is 0.245 e. The van der Waals surface area contributed by atoms with Crippen LogP contribution in [0.1, 0.15) is 0 Å². The number of sulfonamides is 1. The van der Waals surface area contributed by atoms with Gasteiger partial charge in [0, 0.05) is 20.1 Å². The molecule has 2 N–H and O–H groups in total. The summed E-state index contributed by atoms with van der Waals surface area (Å²) in [6.45, 7) is 0.446. The van der Waals surface area contributed by atoms with Crippen molar-refractivity contribution in [2.75, 3.05) is 20.1 Å². The van der Waals surface area contributed by atoms with E-state index in [0.29, 0.717) is 0 Å². The van der Waals surface area contributed by atoms with Gasteiger partial charge in [-0.15, -0.1) is 0 Å². The van der Waals surface area contributed by atoms with E-state index < -0.39 is 10.0 Å². The Bertz CT molecular complexity index is 456. The first-order valence-electron chi connectivity index (χ1n) is 4.51. The number of rotatable bonds is 4. The van der Waals surface area contributed by atoms with Crippen molar-refractivity contribution < 1.29 is 8.42 Å². The number of benzene rings is 1. The molecule has 0 atom stereocenters. The average molecular weight is 283 g/mol. The maximum absolute atomic E-state index is 12.1. The van der Waals surface area contributed by atoms with Gasteiger partial charge in [0.15, 0.2) is 0 Å². The number of nitrogens with zero attached hydrogens (tertiary/aromatic N) is 1. The Morgan fingerprint density at radius 3 is 2.25 bits per heavy atom. The lowest BCUT2D eigenvalue weighted by molar-refractivity contribution is 0.477. The molecule has 0 spiro atoms. The summed E-state index contributed by atoms with van der Waals surface area (Å²) < 4.78 is 25.3. The molecule has 1 aromatic rings. The molecule has 0 aromatic heterocycles. The summed E-state index contributed by atoms with van der Waals surface area (Å²) in [5.74, 6) is 0. The summed E-state index contributed by atoms with van der Waals surface area (Å²) in [6, 6.07) is 4.56. The van der Waals surface area contributed by atoms with Crippen molar-refractivity contribution in [3.05, 3.63) is 28.2 Å². The lowest BCUT2D eigenvalue weighted by Gasteiger charge is -2.17. The highest BCUT2D eigenvalue weighted by Crippen LogP contribution is 2.30. The molecule has 7 heteroatoms. The minimum Gasteiger partial charge on any atom is -0.329 e. The van der Waals surface area contributed by atoms with Crippen LogP contribution < -0.4 is 5.73 Å². The van der Waals surface area contributed by atoms with Crippen LogP contribution in [0.5, 0.6) is 0 Å². The fourth-order valence-corrected chi connectivity index (χ4v) is 3.46. The molecule has 0 unspecified atom stereocenters. The van der Waals surface area contributed by atoms with Crippen molar-refractivity contribution in [1.82, 2.24) is 4.31 Å². The lowest BCUT2D eigenvalue weighted by Crippen LogP contribution is -2.32. The van der Waals surface area contributed by atoms with Crippen molar-refractivity contribution in [3.8, 4) is 0 Å². The van der Waals surface area contributed by atoms with Crippen LogP contribution in [0, 0.1) is 0 Å². The van der Waals surface area contributed by atoms with E-state index in [1.807, 2.05) is 0 Å². The van der Waals surface area contributed by atoms with Crippen LogP contribution in [0.2, 0.25) is 10.0 Å². The number of nitrogens with two attached hydrogens (primary N) is 1. The number of hydrogen-bond donors (Lipinski definition) is 1. The lowest BCUT2D eigenvalue weighted by atomic mass is 10.4. The van der Waals surface area contributed by atoms with Crippen molar-refractivity contribution in [1.29, 1.82) is 0 Å². The van der Waals surface area contributed by atoms with E-state index in [1.54, 1.807) is 6.07 Å². The van der Waals surface area contributed by atoms with Crippen LogP contribution in [0.3, 0.4) is 0 Å². The molecule has 0 radical (unpaired) electrons. The standard InChI is InChI=1S/C9H12Cl2N2O2S/c1-13(6-5-12)16(14,15)9-7(10)3-2-4-8(9)11/h2-4H,5-6,12H2,1H3. The van der Waals surface area contributed by atoms with E-state index in [0.717, 1.165) is 4.31 Å². The third kappa shape index (κ3) is 2.67. The Balaban J connectivity index is 3.27. The maximum atomic E-state index is 12.1. The topological polar surface area (TPSA) is 63.4 Å². The van der Waals surface area contributed by atoms with Gasteiger partial charge in [0.1, 0.15) is 4.90 Å². The Kier molecular flexibility index (Phi) is 4.58. The molecule has 16 heavy (non-hydrogen) atoms. The molecule has 0 aliphatic rings. The number of hydrogen-bond acceptors (Lipinski definition) is 3. The molecule has 0 aliphatic carbocycles. The second-order valence-corrected chi connectivity index (χ2v) is 5.96. The van der Waals surface area contributed by atoms with Crippen LogP contribution in [0.15, 0.2) is 23.1 Å². The van der Waals surface area contributed by atoms with Crippen molar-refractivity contribution >= 4 is 33.2 Å². The second kappa shape index (κ2) is 5.33. The highest BCUT2D eigenvalue weighted by molar-refractivity contribution is 7.89. The Labute approximate surface area is 105 Å². The van der Waals surface area contributed by atoms with Gasteiger partial charge < -0.3 is 5.73 Å². The van der Waals surface area contributed by atoms with Gasteiger partial charge in [-0.3, -0.25) is 0 Å². The molecule has 0 heterocycles. The average Bonchev–Trinajstić information content (AvgIpc) is 2.17. The smallest absolute Gasteiger partial charge is 0.245 e. The Morgan fingerprint density at radius 2 is 1.81 bits per heavy atom. The Morgan fingerprint density at radius 1 is 1.31 bits per heavy atom. The molecule has 1 rings (SSSR count).